The van der Waals surface area contributed by atoms with Crippen LogP contribution >= 0.6 is 0 Å². The summed E-state index contributed by atoms with van der Waals surface area (Å²) >= 11 is 0. The van der Waals surface area contributed by atoms with Crippen molar-refractivity contribution in [3.63, 3.8) is 0 Å². The molecule has 1 aliphatic rings. The van der Waals surface area contributed by atoms with E-state index in [0.29, 0.717) is 11.1 Å². The first-order valence-corrected chi connectivity index (χ1v) is 6.44. The zero-order chi connectivity index (χ0) is 16.3. The molecule has 0 saturated heterocycles. The van der Waals surface area contributed by atoms with Gasteiger partial charge in [0.2, 0.25) is 5.82 Å². The Morgan fingerprint density at radius 2 is 0.857 bits per heavy atom. The van der Waals surface area contributed by atoms with Crippen LogP contribution in [0.4, 0.5) is 22.0 Å². The SMILES string of the molecule is CC1=C(C)C(C)(c2c(F)c(F)c(F)c(F)c2F)C(C)=C1C. The van der Waals surface area contributed by atoms with E-state index in [2.05, 4.69) is 0 Å². The topological polar surface area (TPSA) is 0 Å². The second-order valence-electron chi connectivity index (χ2n) is 5.57. The molecule has 0 aliphatic heterocycles. The minimum Gasteiger partial charge on any atom is -0.203 e. The summed E-state index contributed by atoms with van der Waals surface area (Å²) < 4.78 is 68.4. The van der Waals surface area contributed by atoms with Crippen LogP contribution in [0.5, 0.6) is 0 Å². The summed E-state index contributed by atoms with van der Waals surface area (Å²) in [6.07, 6.45) is 0. The molecule has 1 aliphatic carbocycles. The first-order chi connectivity index (χ1) is 9.56. The standard InChI is InChI=1S/C16H15F5/c1-6-7(2)9(4)16(5,8(6)3)10-11(17)13(19)15(21)14(20)12(10)18/h1-5H3. The van der Waals surface area contributed by atoms with Crippen molar-refractivity contribution in [1.29, 1.82) is 0 Å². The fourth-order valence-electron chi connectivity index (χ4n) is 3.01. The van der Waals surface area contributed by atoms with Crippen molar-refractivity contribution in [3.8, 4) is 0 Å². The molecular formula is C16H15F5. The van der Waals surface area contributed by atoms with Gasteiger partial charge in [-0.1, -0.05) is 11.1 Å². The summed E-state index contributed by atoms with van der Waals surface area (Å²) in [5.41, 5.74) is 0.655. The summed E-state index contributed by atoms with van der Waals surface area (Å²) in [5.74, 6) is -9.49. The van der Waals surface area contributed by atoms with Crippen LogP contribution in [0.15, 0.2) is 22.3 Å². The lowest BCUT2D eigenvalue weighted by Crippen LogP contribution is -2.28. The average Bonchev–Trinajstić information content (AvgIpc) is 2.60. The molecule has 0 heterocycles. The third-order valence-electron chi connectivity index (χ3n) is 4.90. The van der Waals surface area contributed by atoms with Crippen molar-refractivity contribution < 1.29 is 22.0 Å². The zero-order valence-electron chi connectivity index (χ0n) is 12.4. The van der Waals surface area contributed by atoms with Crippen LogP contribution in [-0.4, -0.2) is 0 Å². The average molecular weight is 302 g/mol. The lowest BCUT2D eigenvalue weighted by atomic mass is 9.73. The number of hydrogen-bond donors (Lipinski definition) is 0. The van der Waals surface area contributed by atoms with E-state index >= 15 is 0 Å². The smallest absolute Gasteiger partial charge is 0.200 e. The molecule has 0 nitrogen and oxygen atoms in total. The Kier molecular flexibility index (Phi) is 3.51. The van der Waals surface area contributed by atoms with Crippen LogP contribution in [-0.2, 0) is 5.41 Å². The molecule has 0 amide bonds. The number of halogens is 5. The summed E-state index contributed by atoms with van der Waals surface area (Å²) in [5, 5.41) is 0. The van der Waals surface area contributed by atoms with Crippen LogP contribution in [0, 0.1) is 29.1 Å². The maximum Gasteiger partial charge on any atom is 0.200 e. The molecule has 5 heteroatoms. The third kappa shape index (κ3) is 1.79. The van der Waals surface area contributed by atoms with Crippen molar-refractivity contribution in [2.75, 3.05) is 0 Å². The van der Waals surface area contributed by atoms with Crippen molar-refractivity contribution >= 4 is 0 Å². The Balaban J connectivity index is 2.93. The monoisotopic (exact) mass is 302 g/mol. The normalized spacial score (nSPS) is 18.0. The van der Waals surface area contributed by atoms with Crippen molar-refractivity contribution in [2.24, 2.45) is 0 Å². The van der Waals surface area contributed by atoms with Gasteiger partial charge in [-0.05, 0) is 45.8 Å². The summed E-state index contributed by atoms with van der Waals surface area (Å²) in [7, 11) is 0. The van der Waals surface area contributed by atoms with Gasteiger partial charge in [0.15, 0.2) is 23.3 Å². The third-order valence-corrected chi connectivity index (χ3v) is 4.90. The van der Waals surface area contributed by atoms with Gasteiger partial charge in [-0.25, -0.2) is 22.0 Å². The fourth-order valence-corrected chi connectivity index (χ4v) is 3.01. The number of rotatable bonds is 1. The van der Waals surface area contributed by atoms with E-state index in [1.807, 2.05) is 0 Å². The number of hydrogen-bond acceptors (Lipinski definition) is 0. The number of allylic oxidation sites excluding steroid dienone is 4. The van der Waals surface area contributed by atoms with E-state index in [0.717, 1.165) is 11.1 Å². The molecule has 0 aromatic heterocycles. The molecule has 0 N–H and O–H groups in total. The van der Waals surface area contributed by atoms with Gasteiger partial charge < -0.3 is 0 Å². The van der Waals surface area contributed by atoms with Gasteiger partial charge in [-0.15, -0.1) is 0 Å². The van der Waals surface area contributed by atoms with Crippen molar-refractivity contribution in [3.05, 3.63) is 56.9 Å². The van der Waals surface area contributed by atoms with Crippen LogP contribution < -0.4 is 0 Å². The lowest BCUT2D eigenvalue weighted by molar-refractivity contribution is 0.359. The van der Waals surface area contributed by atoms with Gasteiger partial charge in [-0.2, -0.15) is 0 Å². The second kappa shape index (κ2) is 4.68. The van der Waals surface area contributed by atoms with Gasteiger partial charge in [0.1, 0.15) is 0 Å². The molecule has 0 spiro atoms. The second-order valence-corrected chi connectivity index (χ2v) is 5.57. The minimum atomic E-state index is -2.13. The van der Waals surface area contributed by atoms with E-state index in [4.69, 9.17) is 0 Å². The number of benzene rings is 1. The van der Waals surface area contributed by atoms with Crippen LogP contribution in [0.1, 0.15) is 40.2 Å². The van der Waals surface area contributed by atoms with Gasteiger partial charge >= 0.3 is 0 Å². The zero-order valence-corrected chi connectivity index (χ0v) is 12.4. The van der Waals surface area contributed by atoms with E-state index in [9.17, 15) is 22.0 Å². The molecular weight excluding hydrogens is 287 g/mol. The van der Waals surface area contributed by atoms with E-state index in [1.165, 1.54) is 6.92 Å². The molecule has 1 aromatic rings. The predicted octanol–water partition coefficient (Wildman–Crippen LogP) is 5.33. The lowest BCUT2D eigenvalue weighted by Gasteiger charge is -2.31. The Morgan fingerprint density at radius 3 is 1.19 bits per heavy atom. The highest BCUT2D eigenvalue weighted by Gasteiger charge is 2.44. The Hall–Kier alpha value is -1.65. The Bertz CT molecular complexity index is 657. The van der Waals surface area contributed by atoms with Gasteiger partial charge in [0.25, 0.3) is 0 Å². The molecule has 21 heavy (non-hydrogen) atoms. The van der Waals surface area contributed by atoms with E-state index in [-0.39, 0.29) is 0 Å². The maximum absolute atomic E-state index is 14.1. The van der Waals surface area contributed by atoms with E-state index < -0.39 is 40.1 Å². The Morgan fingerprint density at radius 1 is 0.571 bits per heavy atom. The van der Waals surface area contributed by atoms with Gasteiger partial charge in [-0.3, -0.25) is 0 Å². The molecule has 0 atom stereocenters. The quantitative estimate of drug-likeness (QED) is 0.374. The minimum absolute atomic E-state index is 0.584. The molecule has 0 unspecified atom stereocenters. The highest BCUT2D eigenvalue weighted by Crippen LogP contribution is 2.50. The van der Waals surface area contributed by atoms with E-state index in [1.54, 1.807) is 27.7 Å². The first-order valence-electron chi connectivity index (χ1n) is 6.44. The largest absolute Gasteiger partial charge is 0.203 e. The first kappa shape index (κ1) is 15.7. The molecule has 1 aromatic carbocycles. The summed E-state index contributed by atoms with van der Waals surface area (Å²) in [4.78, 5) is 0. The predicted molar refractivity (Wildman–Crippen MR) is 70.3 cm³/mol. The molecule has 2 rings (SSSR count). The van der Waals surface area contributed by atoms with Gasteiger partial charge in [0.05, 0.1) is 0 Å². The van der Waals surface area contributed by atoms with Gasteiger partial charge in [0, 0.05) is 11.0 Å². The molecule has 0 bridgehead atoms. The van der Waals surface area contributed by atoms with Crippen LogP contribution in [0.2, 0.25) is 0 Å². The van der Waals surface area contributed by atoms with Crippen LogP contribution in [0.3, 0.4) is 0 Å². The fraction of sp³-hybridized carbons (Fsp3) is 0.375. The molecule has 0 fully saturated rings. The van der Waals surface area contributed by atoms with Crippen molar-refractivity contribution in [1.82, 2.24) is 0 Å². The highest BCUT2D eigenvalue weighted by molar-refractivity contribution is 5.59. The molecule has 0 radical (unpaired) electrons. The molecule has 114 valence electrons. The van der Waals surface area contributed by atoms with Crippen molar-refractivity contribution in [2.45, 2.75) is 40.0 Å². The molecule has 0 saturated carbocycles. The maximum atomic E-state index is 14.1. The summed E-state index contributed by atoms with van der Waals surface area (Å²) in [6, 6.07) is 0. The Labute approximate surface area is 120 Å². The summed E-state index contributed by atoms with van der Waals surface area (Å²) in [6.45, 7) is 8.31. The highest BCUT2D eigenvalue weighted by atomic mass is 19.2. The van der Waals surface area contributed by atoms with Crippen LogP contribution in [0.25, 0.3) is 0 Å².